The highest BCUT2D eigenvalue weighted by Gasteiger charge is 2.33. The lowest BCUT2D eigenvalue weighted by Crippen LogP contribution is -2.12. The summed E-state index contributed by atoms with van der Waals surface area (Å²) in [4.78, 5) is 13.1. The summed E-state index contributed by atoms with van der Waals surface area (Å²) < 4.78 is 7.41. The Hall–Kier alpha value is -1.36. The van der Waals surface area contributed by atoms with Crippen molar-refractivity contribution in [2.75, 3.05) is 7.11 Å². The highest BCUT2D eigenvalue weighted by Crippen LogP contribution is 2.42. The highest BCUT2D eigenvalue weighted by atomic mass is 35.5. The molecule has 0 aromatic carbocycles. The molecule has 1 aliphatic carbocycles. The van der Waals surface area contributed by atoms with E-state index in [0.29, 0.717) is 23.4 Å². The van der Waals surface area contributed by atoms with E-state index in [0.717, 1.165) is 11.5 Å². The zero-order valence-electron chi connectivity index (χ0n) is 11.3. The molecule has 2 heterocycles. The van der Waals surface area contributed by atoms with Gasteiger partial charge in [0.25, 0.3) is 0 Å². The van der Waals surface area contributed by atoms with Crippen molar-refractivity contribution in [3.63, 3.8) is 0 Å². The van der Waals surface area contributed by atoms with Crippen molar-refractivity contribution < 1.29 is 4.74 Å². The third kappa shape index (κ3) is 2.06. The van der Waals surface area contributed by atoms with Crippen LogP contribution in [0.25, 0.3) is 11.2 Å². The molecule has 0 saturated heterocycles. The van der Waals surface area contributed by atoms with Crippen LogP contribution in [0.1, 0.15) is 43.9 Å². The maximum atomic E-state index is 6.27. The van der Waals surface area contributed by atoms with Crippen LogP contribution in [0.15, 0.2) is 6.33 Å². The average molecular weight is 281 g/mol. The zero-order chi connectivity index (χ0) is 13.6. The Morgan fingerprint density at radius 2 is 2.11 bits per heavy atom. The summed E-state index contributed by atoms with van der Waals surface area (Å²) in [5.41, 5.74) is 1.51. The molecule has 6 heteroatoms. The van der Waals surface area contributed by atoms with Gasteiger partial charge in [-0.05, 0) is 32.6 Å². The van der Waals surface area contributed by atoms with Crippen molar-refractivity contribution in [3.8, 4) is 5.88 Å². The molecule has 1 fully saturated rings. The summed E-state index contributed by atoms with van der Waals surface area (Å²) in [6, 6.07) is 0.362. The van der Waals surface area contributed by atoms with E-state index in [1.165, 1.54) is 19.2 Å². The Labute approximate surface area is 117 Å². The zero-order valence-corrected chi connectivity index (χ0v) is 12.1. The fourth-order valence-corrected chi connectivity index (χ4v) is 2.68. The third-order valence-electron chi connectivity index (χ3n) is 3.73. The van der Waals surface area contributed by atoms with Gasteiger partial charge in [-0.15, -0.1) is 11.6 Å². The van der Waals surface area contributed by atoms with Gasteiger partial charge in [0.05, 0.1) is 12.5 Å². The van der Waals surface area contributed by atoms with Crippen molar-refractivity contribution in [3.05, 3.63) is 12.2 Å². The van der Waals surface area contributed by atoms with Gasteiger partial charge in [-0.3, -0.25) is 0 Å². The van der Waals surface area contributed by atoms with Crippen molar-refractivity contribution in [1.82, 2.24) is 19.5 Å². The number of methoxy groups -OCH3 is 1. The second-order valence-electron chi connectivity index (χ2n) is 5.09. The number of rotatable bonds is 4. The fourth-order valence-electron chi connectivity index (χ4n) is 2.53. The maximum absolute atomic E-state index is 6.27. The molecule has 0 spiro atoms. The molecule has 0 amide bonds. The number of hydrogen-bond acceptors (Lipinski definition) is 4. The van der Waals surface area contributed by atoms with E-state index in [9.17, 15) is 0 Å². The van der Waals surface area contributed by atoms with Crippen LogP contribution in [0.5, 0.6) is 5.88 Å². The molecule has 102 valence electrons. The summed E-state index contributed by atoms with van der Waals surface area (Å²) in [7, 11) is 1.59. The second-order valence-corrected chi connectivity index (χ2v) is 5.74. The molecule has 5 nitrogen and oxygen atoms in total. The van der Waals surface area contributed by atoms with Crippen LogP contribution >= 0.6 is 11.6 Å². The topological polar surface area (TPSA) is 52.8 Å². The molecule has 2 aromatic rings. The minimum atomic E-state index is -0.167. The van der Waals surface area contributed by atoms with Crippen molar-refractivity contribution in [2.24, 2.45) is 5.92 Å². The second kappa shape index (κ2) is 4.63. The molecule has 0 bridgehead atoms. The number of ether oxygens (including phenoxy) is 1. The Bertz CT molecular complexity index is 606. The first kappa shape index (κ1) is 12.7. The molecule has 2 unspecified atom stereocenters. The van der Waals surface area contributed by atoms with Gasteiger partial charge in [0.1, 0.15) is 12.2 Å². The van der Waals surface area contributed by atoms with E-state index >= 15 is 0 Å². The molecular formula is C13H17ClN4O. The molecule has 3 rings (SSSR count). The normalized spacial score (nSPS) is 18.5. The van der Waals surface area contributed by atoms with E-state index in [2.05, 4.69) is 26.4 Å². The summed E-state index contributed by atoms with van der Waals surface area (Å²) in [6.45, 7) is 4.13. The molecule has 0 aliphatic heterocycles. The third-order valence-corrected chi connectivity index (χ3v) is 3.93. The first-order valence-electron chi connectivity index (χ1n) is 6.54. The number of hydrogen-bond donors (Lipinski definition) is 0. The molecule has 2 atom stereocenters. The molecule has 0 N–H and O–H groups in total. The van der Waals surface area contributed by atoms with E-state index in [1.807, 2.05) is 6.92 Å². The minimum absolute atomic E-state index is 0.167. The van der Waals surface area contributed by atoms with E-state index in [4.69, 9.17) is 16.3 Å². The van der Waals surface area contributed by atoms with Gasteiger partial charge in [-0.1, -0.05) is 0 Å². The standard InChI is InChI=1S/C13H17ClN4O/c1-7(14)11-17-10-12(15-6-16-13(10)19-3)18(11)8(2)9-4-5-9/h6-9H,4-5H2,1-3H3. The number of imidazole rings is 1. The Morgan fingerprint density at radius 3 is 2.68 bits per heavy atom. The number of aromatic nitrogens is 4. The van der Waals surface area contributed by atoms with Gasteiger partial charge >= 0.3 is 0 Å². The predicted octanol–water partition coefficient (Wildman–Crippen LogP) is 3.11. The van der Waals surface area contributed by atoms with Crippen molar-refractivity contribution in [2.45, 2.75) is 38.1 Å². The van der Waals surface area contributed by atoms with Gasteiger partial charge in [-0.2, -0.15) is 4.98 Å². The van der Waals surface area contributed by atoms with Gasteiger partial charge in [0, 0.05) is 6.04 Å². The summed E-state index contributed by atoms with van der Waals surface area (Å²) in [5.74, 6) is 2.05. The van der Waals surface area contributed by atoms with Gasteiger partial charge in [-0.25, -0.2) is 9.97 Å². The van der Waals surface area contributed by atoms with Gasteiger partial charge < -0.3 is 9.30 Å². The molecule has 19 heavy (non-hydrogen) atoms. The van der Waals surface area contributed by atoms with Crippen LogP contribution in [-0.2, 0) is 0 Å². The van der Waals surface area contributed by atoms with Gasteiger partial charge in [0.2, 0.25) is 5.88 Å². The van der Waals surface area contributed by atoms with E-state index in [-0.39, 0.29) is 5.38 Å². The average Bonchev–Trinajstić information content (AvgIpc) is 3.16. The van der Waals surface area contributed by atoms with Gasteiger partial charge in [0.15, 0.2) is 11.2 Å². The van der Waals surface area contributed by atoms with Crippen LogP contribution in [0, 0.1) is 5.92 Å². The lowest BCUT2D eigenvalue weighted by atomic mass is 10.2. The number of alkyl halides is 1. The van der Waals surface area contributed by atoms with Crippen LogP contribution in [-0.4, -0.2) is 26.6 Å². The fraction of sp³-hybridized carbons (Fsp3) is 0.615. The lowest BCUT2D eigenvalue weighted by molar-refractivity contribution is 0.401. The largest absolute Gasteiger partial charge is 0.479 e. The highest BCUT2D eigenvalue weighted by molar-refractivity contribution is 6.20. The van der Waals surface area contributed by atoms with Crippen molar-refractivity contribution in [1.29, 1.82) is 0 Å². The van der Waals surface area contributed by atoms with Crippen LogP contribution in [0.4, 0.5) is 0 Å². The summed E-state index contributed by atoms with van der Waals surface area (Å²) >= 11 is 6.27. The predicted molar refractivity (Wildman–Crippen MR) is 73.6 cm³/mol. The summed E-state index contributed by atoms with van der Waals surface area (Å²) in [5, 5.41) is -0.167. The maximum Gasteiger partial charge on any atom is 0.245 e. The Kier molecular flexibility index (Phi) is 3.09. The Balaban J connectivity index is 2.23. The van der Waals surface area contributed by atoms with Crippen LogP contribution in [0.2, 0.25) is 0 Å². The lowest BCUT2D eigenvalue weighted by Gasteiger charge is -2.17. The molecule has 0 radical (unpaired) electrons. The molecular weight excluding hydrogens is 264 g/mol. The molecule has 1 saturated carbocycles. The Morgan fingerprint density at radius 1 is 1.37 bits per heavy atom. The number of nitrogens with zero attached hydrogens (tertiary/aromatic N) is 4. The van der Waals surface area contributed by atoms with E-state index < -0.39 is 0 Å². The van der Waals surface area contributed by atoms with E-state index in [1.54, 1.807) is 7.11 Å². The van der Waals surface area contributed by atoms with Crippen LogP contribution in [0.3, 0.4) is 0 Å². The summed E-state index contributed by atoms with van der Waals surface area (Å²) in [6.07, 6.45) is 4.04. The molecule has 1 aliphatic rings. The quantitative estimate of drug-likeness (QED) is 0.808. The first-order chi connectivity index (χ1) is 9.13. The first-order valence-corrected chi connectivity index (χ1v) is 6.98. The molecule has 2 aromatic heterocycles. The van der Waals surface area contributed by atoms with Crippen LogP contribution < -0.4 is 4.74 Å². The minimum Gasteiger partial charge on any atom is -0.479 e. The SMILES string of the molecule is COc1ncnc2c1nc(C(C)Cl)n2C(C)C1CC1. The smallest absolute Gasteiger partial charge is 0.245 e. The monoisotopic (exact) mass is 280 g/mol. The number of fused-ring (bicyclic) bond motifs is 1. The number of halogens is 1. The van der Waals surface area contributed by atoms with Crippen molar-refractivity contribution >= 4 is 22.8 Å².